The van der Waals surface area contributed by atoms with E-state index in [-0.39, 0.29) is 29.9 Å². The quantitative estimate of drug-likeness (QED) is 0.0784. The van der Waals surface area contributed by atoms with Crippen molar-refractivity contribution in [3.05, 3.63) is 94.9 Å². The Labute approximate surface area is 398 Å². The topological polar surface area (TPSA) is 149 Å². The lowest BCUT2D eigenvalue weighted by molar-refractivity contribution is 0.0266. The molecule has 0 aliphatic carbocycles. The molecule has 2 unspecified atom stereocenters. The number of amides is 1. The lowest BCUT2D eigenvalue weighted by Crippen LogP contribution is -2.45. The van der Waals surface area contributed by atoms with Gasteiger partial charge in [-0.05, 0) is 118 Å². The highest BCUT2D eigenvalue weighted by Gasteiger charge is 2.39. The smallest absolute Gasteiger partial charge is 0.410 e. The molecule has 2 atom stereocenters. The van der Waals surface area contributed by atoms with Crippen molar-refractivity contribution in [1.82, 2.24) is 29.5 Å². The molecule has 1 aliphatic rings. The maximum absolute atomic E-state index is 12.6. The largest absolute Gasteiger partial charge is 0.497 e. The van der Waals surface area contributed by atoms with Crippen LogP contribution < -0.4 is 24.0 Å². The number of nitrogens with zero attached hydrogens (tertiary/aromatic N) is 8. The zero-order chi connectivity index (χ0) is 48.7. The van der Waals surface area contributed by atoms with E-state index < -0.39 is 20.0 Å². The van der Waals surface area contributed by atoms with Gasteiger partial charge in [0, 0.05) is 51.5 Å². The predicted octanol–water partition coefficient (Wildman–Crippen LogP) is 9.79. The number of fused-ring (bicyclic) bond motifs is 1. The standard InChI is InChI=1S/C51H74N8O7Si/c1-14-15-42(66-67(12,13)51(6,7)8)34-64-48-54-47(58(32-36-16-20-40(62-10)21-17-36)33-37-18-22-41(63-11)23-19-37)46-53-30-43(59(46)55-48)44(60)39-28-35(2)45(52-29-39)57-26-24-38(25-27-57)31-56(9)49(61)65-50(3,4)5/h16-23,28-30,38,42,44,60H,14-15,24-27,31-34H2,1-13H3. The Morgan fingerprint density at radius 1 is 0.910 bits per heavy atom. The summed E-state index contributed by atoms with van der Waals surface area (Å²) in [5, 5.41) is 17.2. The number of carbonyl (C=O) groups excluding carboxylic acids is 1. The maximum atomic E-state index is 12.6. The van der Waals surface area contributed by atoms with Gasteiger partial charge in [-0.25, -0.2) is 19.3 Å². The van der Waals surface area contributed by atoms with Crippen LogP contribution in [0.25, 0.3) is 5.65 Å². The van der Waals surface area contributed by atoms with Gasteiger partial charge >= 0.3 is 12.1 Å². The van der Waals surface area contributed by atoms with Crippen molar-refractivity contribution in [2.75, 3.05) is 57.3 Å². The van der Waals surface area contributed by atoms with E-state index in [4.69, 9.17) is 43.4 Å². The van der Waals surface area contributed by atoms with Crippen LogP contribution in [-0.4, -0.2) is 108 Å². The van der Waals surface area contributed by atoms with Crippen LogP contribution in [0.4, 0.5) is 16.4 Å². The minimum Gasteiger partial charge on any atom is -0.497 e. The van der Waals surface area contributed by atoms with Gasteiger partial charge in [0.25, 0.3) is 0 Å². The Kier molecular flexibility index (Phi) is 16.5. The number of aromatic nitrogens is 5. The summed E-state index contributed by atoms with van der Waals surface area (Å²) in [4.78, 5) is 33.6. The number of aliphatic hydroxyl groups excluding tert-OH is 1. The molecule has 2 aromatic carbocycles. The van der Waals surface area contributed by atoms with Gasteiger partial charge < -0.3 is 43.2 Å². The van der Waals surface area contributed by atoms with E-state index in [0.717, 1.165) is 72.8 Å². The first-order valence-electron chi connectivity index (χ1n) is 23.6. The van der Waals surface area contributed by atoms with Gasteiger partial charge in [0.05, 0.1) is 32.2 Å². The van der Waals surface area contributed by atoms with Crippen LogP contribution in [0.5, 0.6) is 17.5 Å². The first-order chi connectivity index (χ1) is 31.7. The molecule has 1 fully saturated rings. The van der Waals surface area contributed by atoms with Crippen molar-refractivity contribution in [2.45, 2.75) is 130 Å². The fourth-order valence-electron chi connectivity index (χ4n) is 8.06. The number of aryl methyl sites for hydroxylation is 1. The van der Waals surface area contributed by atoms with Crippen LogP contribution in [0.3, 0.4) is 0 Å². The van der Waals surface area contributed by atoms with Gasteiger partial charge in [0.15, 0.2) is 19.8 Å². The maximum Gasteiger partial charge on any atom is 0.410 e. The Balaban J connectivity index is 1.32. The molecular weight excluding hydrogens is 865 g/mol. The van der Waals surface area contributed by atoms with Crippen molar-refractivity contribution in [3.63, 3.8) is 0 Å². The SMILES string of the molecule is CCCC(COc1nc(N(Cc2ccc(OC)cc2)Cc2ccc(OC)cc2)c2ncc(C(O)c3cnc(N4CCC(CN(C)C(=O)OC(C)(C)C)CC4)c(C)c3)n2n1)O[Si](C)(C)C(C)(C)C. The molecule has 0 bridgehead atoms. The van der Waals surface area contributed by atoms with E-state index in [1.54, 1.807) is 43.1 Å². The number of rotatable bonds is 19. The van der Waals surface area contributed by atoms with E-state index >= 15 is 0 Å². The lowest BCUT2D eigenvalue weighted by atomic mass is 9.96. The third-order valence-corrected chi connectivity index (χ3v) is 17.3. The van der Waals surface area contributed by atoms with E-state index in [9.17, 15) is 9.90 Å². The van der Waals surface area contributed by atoms with Crippen LogP contribution in [0.15, 0.2) is 67.0 Å². The van der Waals surface area contributed by atoms with Crippen LogP contribution in [0.2, 0.25) is 18.1 Å². The lowest BCUT2D eigenvalue weighted by Gasteiger charge is -2.39. The number of carbonyl (C=O) groups is 1. The average Bonchev–Trinajstić information content (AvgIpc) is 3.71. The third-order valence-electron chi connectivity index (χ3n) is 12.8. The fraction of sp³-hybridized carbons (Fsp3) is 0.549. The number of anilines is 2. The zero-order valence-electron chi connectivity index (χ0n) is 42.1. The van der Waals surface area contributed by atoms with E-state index in [1.807, 2.05) is 82.3 Å². The van der Waals surface area contributed by atoms with Crippen molar-refractivity contribution in [3.8, 4) is 17.5 Å². The molecular formula is C51H74N8O7Si. The number of ether oxygens (including phenoxy) is 4. The average molecular weight is 939 g/mol. The molecule has 3 aromatic heterocycles. The summed E-state index contributed by atoms with van der Waals surface area (Å²) in [6.07, 6.45) is 5.41. The molecule has 1 saturated heterocycles. The number of hydrogen-bond donors (Lipinski definition) is 1. The van der Waals surface area contributed by atoms with Gasteiger partial charge in [-0.2, -0.15) is 4.98 Å². The summed E-state index contributed by atoms with van der Waals surface area (Å²) in [6, 6.07) is 18.1. The van der Waals surface area contributed by atoms with Gasteiger partial charge in [0.1, 0.15) is 35.6 Å². The van der Waals surface area contributed by atoms with Crippen molar-refractivity contribution >= 4 is 31.7 Å². The molecule has 0 saturated carbocycles. The van der Waals surface area contributed by atoms with Gasteiger partial charge in [-0.1, -0.05) is 58.4 Å². The highest BCUT2D eigenvalue weighted by molar-refractivity contribution is 6.74. The summed E-state index contributed by atoms with van der Waals surface area (Å²) in [7, 11) is 2.99. The summed E-state index contributed by atoms with van der Waals surface area (Å²) < 4.78 is 31.6. The highest BCUT2D eigenvalue weighted by atomic mass is 28.4. The number of piperidine rings is 1. The minimum atomic E-state index is -2.13. The van der Waals surface area contributed by atoms with Gasteiger partial charge in [-0.3, -0.25) is 0 Å². The number of imidazole rings is 1. The Hall–Kier alpha value is -5.45. The molecule has 6 rings (SSSR count). The second-order valence-electron chi connectivity index (χ2n) is 20.4. The zero-order valence-corrected chi connectivity index (χ0v) is 43.1. The molecule has 4 heterocycles. The fourth-order valence-corrected chi connectivity index (χ4v) is 9.43. The monoisotopic (exact) mass is 939 g/mol. The molecule has 15 nitrogen and oxygen atoms in total. The van der Waals surface area contributed by atoms with Crippen molar-refractivity contribution < 1.29 is 33.3 Å². The molecule has 1 aliphatic heterocycles. The normalized spacial score (nSPS) is 14.7. The van der Waals surface area contributed by atoms with Crippen LogP contribution in [0.1, 0.15) is 108 Å². The molecule has 5 aromatic rings. The first-order valence-corrected chi connectivity index (χ1v) is 26.5. The van der Waals surface area contributed by atoms with Crippen LogP contribution >= 0.6 is 0 Å². The number of aliphatic hydroxyl groups is 1. The summed E-state index contributed by atoms with van der Waals surface area (Å²) in [5.74, 6) is 3.31. The molecule has 0 spiro atoms. The highest BCUT2D eigenvalue weighted by Crippen LogP contribution is 2.38. The summed E-state index contributed by atoms with van der Waals surface area (Å²) >= 11 is 0. The number of benzene rings is 2. The molecule has 1 amide bonds. The molecule has 67 heavy (non-hydrogen) atoms. The molecule has 16 heteroatoms. The minimum absolute atomic E-state index is 0.0246. The van der Waals surface area contributed by atoms with Crippen LogP contribution in [0, 0.1) is 12.8 Å². The van der Waals surface area contributed by atoms with E-state index in [1.165, 1.54) is 0 Å². The molecule has 364 valence electrons. The second kappa shape index (κ2) is 21.7. The Bertz CT molecular complexity index is 2340. The predicted molar refractivity (Wildman–Crippen MR) is 266 cm³/mol. The Morgan fingerprint density at radius 2 is 1.51 bits per heavy atom. The molecule has 0 radical (unpaired) electrons. The number of pyridine rings is 1. The molecule has 1 N–H and O–H groups in total. The van der Waals surface area contributed by atoms with Crippen molar-refractivity contribution in [2.24, 2.45) is 5.92 Å². The van der Waals surface area contributed by atoms with Crippen LogP contribution in [-0.2, 0) is 22.3 Å². The third kappa shape index (κ3) is 13.2. The first kappa shape index (κ1) is 50.9. The Morgan fingerprint density at radius 3 is 2.03 bits per heavy atom. The number of hydrogen-bond acceptors (Lipinski definition) is 13. The van der Waals surface area contributed by atoms with E-state index in [0.29, 0.717) is 48.3 Å². The second-order valence-corrected chi connectivity index (χ2v) is 25.1. The van der Waals surface area contributed by atoms with E-state index in [2.05, 4.69) is 50.6 Å². The van der Waals surface area contributed by atoms with Gasteiger partial charge in [0.2, 0.25) is 0 Å². The van der Waals surface area contributed by atoms with Crippen molar-refractivity contribution in [1.29, 1.82) is 0 Å². The summed E-state index contributed by atoms with van der Waals surface area (Å²) in [6.45, 7) is 24.5. The van der Waals surface area contributed by atoms with Gasteiger partial charge in [-0.15, -0.1) is 5.10 Å². The number of methoxy groups -OCH3 is 2. The summed E-state index contributed by atoms with van der Waals surface area (Å²) in [5.41, 5.74) is 4.00.